The molecule has 2 atom stereocenters. The van der Waals surface area contributed by atoms with E-state index in [0.29, 0.717) is 12.8 Å². The highest BCUT2D eigenvalue weighted by Crippen LogP contribution is 2.37. The lowest BCUT2D eigenvalue weighted by Crippen LogP contribution is -2.31. The number of Topliss-reactive ketones (excluding diaryl/α,β-unsaturated/α-hetero) is 1. The van der Waals surface area contributed by atoms with Crippen LogP contribution in [-0.2, 0) is 9.53 Å². The topological polar surface area (TPSA) is 48.3 Å². The molecular formula is C21H25NO3. The first kappa shape index (κ1) is 17.5. The molecule has 0 saturated carbocycles. The molecule has 2 aromatic rings. The number of carbonyl (C=O) groups is 2. The van der Waals surface area contributed by atoms with Gasteiger partial charge in [0.1, 0.15) is 0 Å². The number of rotatable bonds is 4. The summed E-state index contributed by atoms with van der Waals surface area (Å²) < 4.78 is 7.39. The number of hydrogen-bond acceptors (Lipinski definition) is 3. The minimum absolute atomic E-state index is 0.104. The molecule has 1 aliphatic heterocycles. The number of aryl methyl sites for hydroxylation is 2. The second kappa shape index (κ2) is 6.87. The van der Waals surface area contributed by atoms with Crippen LogP contribution in [0.5, 0.6) is 0 Å². The van der Waals surface area contributed by atoms with Gasteiger partial charge < -0.3 is 9.30 Å². The van der Waals surface area contributed by atoms with E-state index < -0.39 is 0 Å². The lowest BCUT2D eigenvalue weighted by Gasteiger charge is -2.30. The molecule has 4 heteroatoms. The van der Waals surface area contributed by atoms with Crippen molar-refractivity contribution in [2.75, 3.05) is 0 Å². The van der Waals surface area contributed by atoms with E-state index >= 15 is 0 Å². The molecule has 25 heavy (non-hydrogen) atoms. The summed E-state index contributed by atoms with van der Waals surface area (Å²) in [4.78, 5) is 25.4. The maximum Gasteiger partial charge on any atom is 0.315 e. The van der Waals surface area contributed by atoms with E-state index in [1.165, 1.54) is 0 Å². The fourth-order valence-corrected chi connectivity index (χ4v) is 3.52. The number of fused-ring (bicyclic) bond motifs is 1. The lowest BCUT2D eigenvalue weighted by atomic mass is 9.88. The fourth-order valence-electron chi connectivity index (χ4n) is 3.52. The van der Waals surface area contributed by atoms with Crippen molar-refractivity contribution >= 4 is 11.8 Å². The van der Waals surface area contributed by atoms with Gasteiger partial charge in [-0.15, -0.1) is 0 Å². The third-order valence-electron chi connectivity index (χ3n) is 4.71. The molecule has 0 spiro atoms. The maximum atomic E-state index is 13.0. The normalized spacial score (nSPS) is 19.6. The number of carbonyl (C=O) groups excluding carboxylic acids is 2. The molecule has 4 nitrogen and oxygen atoms in total. The molecule has 0 fully saturated rings. The van der Waals surface area contributed by atoms with Gasteiger partial charge in [0.2, 0.25) is 0 Å². The van der Waals surface area contributed by atoms with Crippen LogP contribution in [0.3, 0.4) is 0 Å². The maximum absolute atomic E-state index is 13.0. The zero-order valence-electron chi connectivity index (χ0n) is 15.3. The van der Waals surface area contributed by atoms with Crippen molar-refractivity contribution in [3.8, 4) is 0 Å². The molecule has 0 N–H and O–H groups in total. The SMILES string of the molecule is Cc1ccc(C(=O)C2CCC(C(=O)OC(C)C)c3cc(C)cn32)cc1. The van der Waals surface area contributed by atoms with Crippen LogP contribution in [0.4, 0.5) is 0 Å². The molecule has 132 valence electrons. The number of ketones is 1. The average molecular weight is 339 g/mol. The molecule has 2 unspecified atom stereocenters. The van der Waals surface area contributed by atoms with Gasteiger partial charge in [-0.05, 0) is 52.2 Å². The first-order valence-electron chi connectivity index (χ1n) is 8.86. The Kier molecular flexibility index (Phi) is 4.80. The number of esters is 1. The monoisotopic (exact) mass is 339 g/mol. The highest BCUT2D eigenvalue weighted by atomic mass is 16.5. The van der Waals surface area contributed by atoms with Gasteiger partial charge in [-0.2, -0.15) is 0 Å². The van der Waals surface area contributed by atoms with Crippen molar-refractivity contribution in [2.45, 2.75) is 58.6 Å². The molecule has 2 heterocycles. The van der Waals surface area contributed by atoms with E-state index in [-0.39, 0.29) is 29.8 Å². The summed E-state index contributed by atoms with van der Waals surface area (Å²) in [6, 6.07) is 9.43. The number of aromatic nitrogens is 1. The zero-order valence-corrected chi connectivity index (χ0v) is 15.3. The average Bonchev–Trinajstić information content (AvgIpc) is 2.94. The van der Waals surface area contributed by atoms with Crippen LogP contribution in [0.2, 0.25) is 0 Å². The molecule has 0 radical (unpaired) electrons. The van der Waals surface area contributed by atoms with Crippen molar-refractivity contribution in [1.29, 1.82) is 0 Å². The molecule has 0 amide bonds. The van der Waals surface area contributed by atoms with Gasteiger partial charge in [-0.1, -0.05) is 29.8 Å². The quantitative estimate of drug-likeness (QED) is 0.614. The summed E-state index contributed by atoms with van der Waals surface area (Å²) >= 11 is 0. The Morgan fingerprint density at radius 3 is 2.40 bits per heavy atom. The van der Waals surface area contributed by atoms with E-state index in [1.54, 1.807) is 0 Å². The summed E-state index contributed by atoms with van der Waals surface area (Å²) in [7, 11) is 0. The lowest BCUT2D eigenvalue weighted by molar-refractivity contribution is -0.150. The smallest absolute Gasteiger partial charge is 0.315 e. The Balaban J connectivity index is 1.91. The van der Waals surface area contributed by atoms with Gasteiger partial charge in [0.25, 0.3) is 0 Å². The second-order valence-electron chi connectivity index (χ2n) is 7.21. The highest BCUT2D eigenvalue weighted by Gasteiger charge is 2.36. The van der Waals surface area contributed by atoms with E-state index in [9.17, 15) is 9.59 Å². The van der Waals surface area contributed by atoms with Crippen LogP contribution in [0.25, 0.3) is 0 Å². The Morgan fingerprint density at radius 1 is 1.08 bits per heavy atom. The van der Waals surface area contributed by atoms with Crippen LogP contribution in [0.1, 0.15) is 65.8 Å². The number of benzene rings is 1. The van der Waals surface area contributed by atoms with Crippen LogP contribution in [-0.4, -0.2) is 22.4 Å². The minimum atomic E-state index is -0.293. The largest absolute Gasteiger partial charge is 0.462 e. The second-order valence-corrected chi connectivity index (χ2v) is 7.21. The van der Waals surface area contributed by atoms with Gasteiger partial charge in [0, 0.05) is 17.5 Å². The summed E-state index contributed by atoms with van der Waals surface area (Å²) in [5.41, 5.74) is 3.80. The van der Waals surface area contributed by atoms with E-state index in [2.05, 4.69) is 0 Å². The molecule has 1 aliphatic rings. The zero-order chi connectivity index (χ0) is 18.1. The molecule has 3 rings (SSSR count). The van der Waals surface area contributed by atoms with Crippen molar-refractivity contribution in [1.82, 2.24) is 4.57 Å². The molecular weight excluding hydrogens is 314 g/mol. The standard InChI is InChI=1S/C21H25NO3/c1-13(2)25-21(24)17-9-10-18(22-12-15(4)11-19(17)22)20(23)16-7-5-14(3)6-8-16/h5-8,11-13,17-18H,9-10H2,1-4H3. The summed E-state index contributed by atoms with van der Waals surface area (Å²) in [5, 5.41) is 0. The first-order chi connectivity index (χ1) is 11.9. The van der Waals surface area contributed by atoms with E-state index in [0.717, 1.165) is 22.4 Å². The van der Waals surface area contributed by atoms with Crippen molar-refractivity contribution in [3.63, 3.8) is 0 Å². The first-order valence-corrected chi connectivity index (χ1v) is 8.86. The van der Waals surface area contributed by atoms with E-state index in [1.807, 2.05) is 68.8 Å². The van der Waals surface area contributed by atoms with Gasteiger partial charge in [0.15, 0.2) is 5.78 Å². The fraction of sp³-hybridized carbons (Fsp3) is 0.429. The highest BCUT2D eigenvalue weighted by molar-refractivity contribution is 5.99. The molecule has 1 aromatic heterocycles. The Labute approximate surface area is 148 Å². The van der Waals surface area contributed by atoms with Crippen LogP contribution >= 0.6 is 0 Å². The third kappa shape index (κ3) is 3.53. The predicted molar refractivity (Wildman–Crippen MR) is 96.9 cm³/mol. The van der Waals surface area contributed by atoms with Crippen molar-refractivity contribution in [2.24, 2.45) is 0 Å². The predicted octanol–water partition coefficient (Wildman–Crippen LogP) is 4.36. The number of ether oxygens (including phenoxy) is 1. The minimum Gasteiger partial charge on any atom is -0.462 e. The summed E-state index contributed by atoms with van der Waals surface area (Å²) in [6.07, 6.45) is 3.12. The van der Waals surface area contributed by atoms with Gasteiger partial charge in [-0.3, -0.25) is 9.59 Å². The number of nitrogens with zero attached hydrogens (tertiary/aromatic N) is 1. The van der Waals surface area contributed by atoms with Crippen LogP contribution in [0, 0.1) is 13.8 Å². The van der Waals surface area contributed by atoms with Gasteiger partial charge >= 0.3 is 5.97 Å². The van der Waals surface area contributed by atoms with Crippen molar-refractivity contribution < 1.29 is 14.3 Å². The summed E-state index contributed by atoms with van der Waals surface area (Å²) in [5.74, 6) is -0.388. The number of hydrogen-bond donors (Lipinski definition) is 0. The Bertz CT molecular complexity index is 786. The van der Waals surface area contributed by atoms with Crippen LogP contribution in [0.15, 0.2) is 36.5 Å². The third-order valence-corrected chi connectivity index (χ3v) is 4.71. The molecule has 0 bridgehead atoms. The molecule has 0 saturated heterocycles. The Hall–Kier alpha value is -2.36. The van der Waals surface area contributed by atoms with Crippen LogP contribution < -0.4 is 0 Å². The molecule has 1 aromatic carbocycles. The van der Waals surface area contributed by atoms with Crippen molar-refractivity contribution in [3.05, 3.63) is 58.9 Å². The van der Waals surface area contributed by atoms with Gasteiger partial charge in [0.05, 0.1) is 18.1 Å². The van der Waals surface area contributed by atoms with E-state index in [4.69, 9.17) is 4.74 Å². The summed E-state index contributed by atoms with van der Waals surface area (Å²) in [6.45, 7) is 7.71. The molecule has 0 aliphatic carbocycles. The van der Waals surface area contributed by atoms with Gasteiger partial charge in [-0.25, -0.2) is 0 Å². The Morgan fingerprint density at radius 2 is 1.76 bits per heavy atom.